The van der Waals surface area contributed by atoms with Crippen LogP contribution >= 0.6 is 0 Å². The summed E-state index contributed by atoms with van der Waals surface area (Å²) in [5, 5.41) is 14.3. The van der Waals surface area contributed by atoms with Gasteiger partial charge in [0.2, 0.25) is 5.82 Å². The molecule has 4 aromatic rings. The van der Waals surface area contributed by atoms with Crippen molar-refractivity contribution < 1.29 is 0 Å². The van der Waals surface area contributed by atoms with Crippen LogP contribution in [0.4, 0.5) is 0 Å². The lowest BCUT2D eigenvalue weighted by atomic mass is 9.72. The highest BCUT2D eigenvalue weighted by atomic mass is 16.1. The summed E-state index contributed by atoms with van der Waals surface area (Å²) in [6.45, 7) is 7.14. The summed E-state index contributed by atoms with van der Waals surface area (Å²) in [6, 6.07) is 12.4. The van der Waals surface area contributed by atoms with Gasteiger partial charge in [0.15, 0.2) is 0 Å². The third-order valence-corrected chi connectivity index (χ3v) is 7.04. The molecule has 1 aliphatic carbocycles. The molecule has 2 unspecified atom stereocenters. The first-order valence-corrected chi connectivity index (χ1v) is 12.1. The summed E-state index contributed by atoms with van der Waals surface area (Å²) in [5.41, 5.74) is 5.03. The predicted octanol–water partition coefficient (Wildman–Crippen LogP) is 4.50. The molecule has 3 heterocycles. The van der Waals surface area contributed by atoms with Crippen molar-refractivity contribution >= 4 is 0 Å². The number of nitrogens with zero attached hydrogens (tertiary/aromatic N) is 6. The molecule has 0 bridgehead atoms. The lowest BCUT2D eigenvalue weighted by Gasteiger charge is -2.41. The van der Waals surface area contributed by atoms with Crippen LogP contribution in [0.25, 0.3) is 22.5 Å². The monoisotopic (exact) mass is 457 g/mol. The maximum Gasteiger partial charge on any atom is 0.328 e. The van der Waals surface area contributed by atoms with Gasteiger partial charge in [-0.3, -0.25) is 14.1 Å². The molecule has 1 aliphatic rings. The van der Waals surface area contributed by atoms with E-state index in [1.54, 1.807) is 0 Å². The van der Waals surface area contributed by atoms with Crippen molar-refractivity contribution in [3.63, 3.8) is 0 Å². The highest BCUT2D eigenvalue weighted by molar-refractivity contribution is 5.70. The molecule has 3 aromatic heterocycles. The maximum absolute atomic E-state index is 13.5. The van der Waals surface area contributed by atoms with Gasteiger partial charge in [0, 0.05) is 29.7 Å². The number of tetrazole rings is 1. The van der Waals surface area contributed by atoms with Gasteiger partial charge in [-0.25, -0.2) is 4.79 Å². The van der Waals surface area contributed by atoms with Crippen LogP contribution in [0, 0.1) is 11.8 Å². The zero-order valence-electron chi connectivity index (χ0n) is 20.0. The molecular formula is C26H31N7O. The summed E-state index contributed by atoms with van der Waals surface area (Å²) in [5.74, 6) is 1.63. The first kappa shape index (κ1) is 22.3. The van der Waals surface area contributed by atoms with Crippen molar-refractivity contribution in [1.29, 1.82) is 0 Å². The minimum absolute atomic E-state index is 0.0841. The van der Waals surface area contributed by atoms with E-state index in [4.69, 9.17) is 0 Å². The molecule has 8 nitrogen and oxygen atoms in total. The van der Waals surface area contributed by atoms with Crippen LogP contribution in [0.1, 0.15) is 57.5 Å². The fraction of sp³-hybridized carbons (Fsp3) is 0.423. The van der Waals surface area contributed by atoms with Gasteiger partial charge < -0.3 is 0 Å². The third kappa shape index (κ3) is 4.20. The number of hydrogen-bond acceptors (Lipinski definition) is 5. The fourth-order valence-corrected chi connectivity index (χ4v) is 5.29. The van der Waals surface area contributed by atoms with Gasteiger partial charge in [0.25, 0.3) is 0 Å². The fourth-order valence-electron chi connectivity index (χ4n) is 5.29. The topological polar surface area (TPSA) is 94.3 Å². The van der Waals surface area contributed by atoms with E-state index in [1.807, 2.05) is 39.6 Å². The standard InChI is InChI=1S/C26H31N7O/c1-4-5-9-23-16-33(24-17(2)12-18(24)3)26(34)32(23)15-22-14-20(10-11-27-22)19-7-6-8-21(13-19)25-28-30-31-29-25/h6-8,10-11,13-14,16-18,24H,4-5,9,12,15H2,1-3H3,(H,28,29,30,31). The van der Waals surface area contributed by atoms with E-state index in [-0.39, 0.29) is 5.69 Å². The van der Waals surface area contributed by atoms with Gasteiger partial charge in [-0.1, -0.05) is 45.4 Å². The molecule has 0 radical (unpaired) electrons. The van der Waals surface area contributed by atoms with Crippen molar-refractivity contribution in [2.24, 2.45) is 11.8 Å². The summed E-state index contributed by atoms with van der Waals surface area (Å²) < 4.78 is 3.91. The van der Waals surface area contributed by atoms with E-state index in [0.29, 0.717) is 30.2 Å². The molecule has 1 aromatic carbocycles. The van der Waals surface area contributed by atoms with E-state index in [0.717, 1.165) is 47.3 Å². The molecule has 0 aliphatic heterocycles. The predicted molar refractivity (Wildman–Crippen MR) is 131 cm³/mol. The Kier molecular flexibility index (Phi) is 6.13. The molecule has 8 heteroatoms. The first-order valence-electron chi connectivity index (χ1n) is 12.1. The second-order valence-electron chi connectivity index (χ2n) is 9.53. The highest BCUT2D eigenvalue weighted by Gasteiger charge is 2.37. The molecule has 0 amide bonds. The Balaban J connectivity index is 1.46. The number of imidazole rings is 1. The quantitative estimate of drug-likeness (QED) is 0.420. The van der Waals surface area contributed by atoms with Crippen molar-refractivity contribution in [2.45, 2.75) is 59.0 Å². The van der Waals surface area contributed by atoms with Gasteiger partial charge in [-0.05, 0) is 65.6 Å². The van der Waals surface area contributed by atoms with E-state index >= 15 is 0 Å². The van der Waals surface area contributed by atoms with E-state index in [2.05, 4.69) is 64.7 Å². The Morgan fingerprint density at radius 3 is 2.62 bits per heavy atom. The molecule has 1 fully saturated rings. The van der Waals surface area contributed by atoms with Crippen LogP contribution in [-0.2, 0) is 13.0 Å². The number of nitrogens with one attached hydrogen (secondary N) is 1. The lowest BCUT2D eigenvalue weighted by molar-refractivity contribution is 0.107. The zero-order valence-corrected chi connectivity index (χ0v) is 20.0. The molecule has 2 atom stereocenters. The molecule has 0 saturated heterocycles. The molecule has 0 spiro atoms. The second kappa shape index (κ2) is 9.37. The van der Waals surface area contributed by atoms with Crippen molar-refractivity contribution in [2.75, 3.05) is 0 Å². The number of pyridine rings is 1. The first-order chi connectivity index (χ1) is 16.5. The summed E-state index contributed by atoms with van der Waals surface area (Å²) in [4.78, 5) is 18.1. The Labute approximate surface area is 199 Å². The SMILES string of the molecule is CCCCc1cn(C2C(C)CC2C)c(=O)n1Cc1cc(-c2cccc(-c3nn[nH]n3)c2)ccn1. The Morgan fingerprint density at radius 1 is 1.09 bits per heavy atom. The third-order valence-electron chi connectivity index (χ3n) is 7.04. The largest absolute Gasteiger partial charge is 0.328 e. The molecular weight excluding hydrogens is 426 g/mol. The number of aromatic nitrogens is 7. The minimum Gasteiger partial charge on any atom is -0.295 e. The van der Waals surface area contributed by atoms with Crippen LogP contribution in [0.2, 0.25) is 0 Å². The Morgan fingerprint density at radius 2 is 1.88 bits per heavy atom. The van der Waals surface area contributed by atoms with Crippen LogP contribution in [-0.4, -0.2) is 34.7 Å². The van der Waals surface area contributed by atoms with Crippen LogP contribution in [0.15, 0.2) is 53.6 Å². The van der Waals surface area contributed by atoms with Crippen molar-refractivity contribution in [1.82, 2.24) is 34.7 Å². The van der Waals surface area contributed by atoms with Gasteiger partial charge in [-0.2, -0.15) is 5.21 Å². The van der Waals surface area contributed by atoms with E-state index < -0.39 is 0 Å². The number of hydrogen-bond donors (Lipinski definition) is 1. The molecule has 5 rings (SSSR count). The average molecular weight is 458 g/mol. The zero-order chi connectivity index (χ0) is 23.7. The Hall–Kier alpha value is -3.55. The van der Waals surface area contributed by atoms with Gasteiger partial charge in [0.05, 0.1) is 12.2 Å². The van der Waals surface area contributed by atoms with E-state index in [1.165, 1.54) is 6.42 Å². The second-order valence-corrected chi connectivity index (χ2v) is 9.53. The van der Waals surface area contributed by atoms with Gasteiger partial charge in [-0.15, -0.1) is 10.2 Å². The smallest absolute Gasteiger partial charge is 0.295 e. The van der Waals surface area contributed by atoms with Crippen LogP contribution in [0.5, 0.6) is 0 Å². The van der Waals surface area contributed by atoms with E-state index in [9.17, 15) is 4.79 Å². The number of benzene rings is 1. The number of rotatable bonds is 8. The normalized spacial score (nSPS) is 19.8. The number of unbranched alkanes of at least 4 members (excludes halogenated alkanes) is 1. The molecule has 34 heavy (non-hydrogen) atoms. The van der Waals surface area contributed by atoms with Crippen LogP contribution in [0.3, 0.4) is 0 Å². The average Bonchev–Trinajstić information content (AvgIpc) is 3.48. The lowest BCUT2D eigenvalue weighted by Crippen LogP contribution is -2.40. The Bertz CT molecular complexity index is 1310. The summed E-state index contributed by atoms with van der Waals surface area (Å²) in [6.07, 6.45) is 8.16. The highest BCUT2D eigenvalue weighted by Crippen LogP contribution is 2.43. The number of H-pyrrole nitrogens is 1. The molecule has 176 valence electrons. The minimum atomic E-state index is 0.0841. The van der Waals surface area contributed by atoms with Crippen molar-refractivity contribution in [3.05, 3.63) is 70.7 Å². The number of aryl methyl sites for hydroxylation is 1. The maximum atomic E-state index is 13.5. The summed E-state index contributed by atoms with van der Waals surface area (Å²) >= 11 is 0. The van der Waals surface area contributed by atoms with Gasteiger partial charge >= 0.3 is 5.69 Å². The van der Waals surface area contributed by atoms with Gasteiger partial charge in [0.1, 0.15) is 0 Å². The van der Waals surface area contributed by atoms with Crippen LogP contribution < -0.4 is 5.69 Å². The summed E-state index contributed by atoms with van der Waals surface area (Å²) in [7, 11) is 0. The molecule has 1 N–H and O–H groups in total. The number of aromatic amines is 1. The molecule has 1 saturated carbocycles. The van der Waals surface area contributed by atoms with Crippen molar-refractivity contribution in [3.8, 4) is 22.5 Å².